The van der Waals surface area contributed by atoms with Crippen LogP contribution in [0.15, 0.2) is 18.7 Å². The van der Waals surface area contributed by atoms with Crippen molar-refractivity contribution in [1.29, 1.82) is 0 Å². The minimum Gasteiger partial charge on any atom is -0.333 e. The first kappa shape index (κ1) is 10.1. The molecule has 1 aromatic rings. The van der Waals surface area contributed by atoms with Crippen LogP contribution >= 0.6 is 0 Å². The topological polar surface area (TPSA) is 76.2 Å². The summed E-state index contributed by atoms with van der Waals surface area (Å²) in [6.45, 7) is 0.842. The number of nitrogens with zero attached hydrogens (tertiary/aromatic N) is 3. The van der Waals surface area contributed by atoms with Gasteiger partial charge in [-0.15, -0.1) is 0 Å². The Hall–Kier alpha value is -1.40. The van der Waals surface area contributed by atoms with Crippen LogP contribution in [0, 0.1) is 0 Å². The molecule has 0 bridgehead atoms. The Labute approximate surface area is 88.0 Å². The van der Waals surface area contributed by atoms with Crippen LogP contribution in [-0.2, 0) is 4.79 Å². The fourth-order valence-electron chi connectivity index (χ4n) is 2.08. The molecule has 0 aliphatic carbocycles. The number of hydrazine groups is 1. The highest BCUT2D eigenvalue weighted by molar-refractivity contribution is 5.81. The molecule has 1 aliphatic rings. The molecule has 6 heteroatoms. The Balaban J connectivity index is 2.07. The van der Waals surface area contributed by atoms with Crippen molar-refractivity contribution < 1.29 is 4.79 Å². The van der Waals surface area contributed by atoms with Gasteiger partial charge in [0, 0.05) is 25.0 Å². The van der Waals surface area contributed by atoms with Crippen LogP contribution in [0.3, 0.4) is 0 Å². The summed E-state index contributed by atoms with van der Waals surface area (Å²) < 4.78 is 2.03. The van der Waals surface area contributed by atoms with Crippen LogP contribution in [0.2, 0.25) is 0 Å². The number of hydrogen-bond donors (Lipinski definition) is 2. The predicted octanol–water partition coefficient (Wildman–Crippen LogP) is -0.882. The van der Waals surface area contributed by atoms with E-state index in [0.717, 1.165) is 13.0 Å². The minimum atomic E-state index is -0.137. The van der Waals surface area contributed by atoms with Gasteiger partial charge in [-0.3, -0.25) is 15.1 Å². The molecule has 2 rings (SSSR count). The summed E-state index contributed by atoms with van der Waals surface area (Å²) in [5, 5.41) is 0. The lowest BCUT2D eigenvalue weighted by atomic mass is 10.1. The number of nitrogens with two attached hydrogens (primary N) is 1. The molecule has 1 aromatic heterocycles. The number of imidazole rings is 1. The van der Waals surface area contributed by atoms with E-state index >= 15 is 0 Å². The normalized spacial score (nSPS) is 26.8. The monoisotopic (exact) mass is 209 g/mol. The first-order chi connectivity index (χ1) is 7.22. The fraction of sp³-hybridized carbons (Fsp3) is 0.556. The Morgan fingerprint density at radius 2 is 2.47 bits per heavy atom. The molecule has 82 valence electrons. The number of likely N-dealkylation sites (tertiary alicyclic amines) is 1. The van der Waals surface area contributed by atoms with Crippen LogP contribution in [0.4, 0.5) is 0 Å². The molecule has 1 saturated heterocycles. The molecule has 1 fully saturated rings. The Kier molecular flexibility index (Phi) is 2.70. The van der Waals surface area contributed by atoms with Gasteiger partial charge in [0.1, 0.15) is 0 Å². The Morgan fingerprint density at radius 1 is 1.67 bits per heavy atom. The van der Waals surface area contributed by atoms with Crippen molar-refractivity contribution in [3.05, 3.63) is 18.7 Å². The molecule has 1 amide bonds. The van der Waals surface area contributed by atoms with E-state index in [2.05, 4.69) is 10.4 Å². The van der Waals surface area contributed by atoms with Crippen molar-refractivity contribution in [2.45, 2.75) is 18.5 Å². The molecule has 0 aromatic carbocycles. The van der Waals surface area contributed by atoms with E-state index in [-0.39, 0.29) is 11.9 Å². The summed E-state index contributed by atoms with van der Waals surface area (Å²) in [6.07, 6.45) is 6.22. The second kappa shape index (κ2) is 4.00. The van der Waals surface area contributed by atoms with Crippen molar-refractivity contribution in [3.63, 3.8) is 0 Å². The molecule has 1 aliphatic heterocycles. The van der Waals surface area contributed by atoms with Gasteiger partial charge in [-0.05, 0) is 13.5 Å². The van der Waals surface area contributed by atoms with Crippen molar-refractivity contribution in [2.75, 3.05) is 13.6 Å². The minimum absolute atomic E-state index is 0.125. The molecule has 0 spiro atoms. The number of nitrogens with one attached hydrogen (secondary N) is 1. The highest BCUT2D eigenvalue weighted by Gasteiger charge is 2.34. The lowest BCUT2D eigenvalue weighted by Crippen LogP contribution is -2.44. The molecule has 3 N–H and O–H groups in total. The van der Waals surface area contributed by atoms with Crippen molar-refractivity contribution >= 4 is 5.91 Å². The van der Waals surface area contributed by atoms with Gasteiger partial charge in [-0.25, -0.2) is 10.8 Å². The third kappa shape index (κ3) is 1.86. The molecule has 0 saturated carbocycles. The number of amides is 1. The largest absolute Gasteiger partial charge is 0.333 e. The van der Waals surface area contributed by atoms with E-state index in [4.69, 9.17) is 5.84 Å². The van der Waals surface area contributed by atoms with Crippen LogP contribution < -0.4 is 11.3 Å². The highest BCUT2D eigenvalue weighted by Crippen LogP contribution is 2.25. The predicted molar refractivity (Wildman–Crippen MR) is 54.6 cm³/mol. The van der Waals surface area contributed by atoms with E-state index in [0.29, 0.717) is 6.04 Å². The van der Waals surface area contributed by atoms with Crippen molar-refractivity contribution in [3.8, 4) is 0 Å². The maximum atomic E-state index is 11.4. The highest BCUT2D eigenvalue weighted by atomic mass is 16.2. The molecule has 15 heavy (non-hydrogen) atoms. The Morgan fingerprint density at radius 3 is 3.07 bits per heavy atom. The van der Waals surface area contributed by atoms with Gasteiger partial charge < -0.3 is 4.57 Å². The van der Waals surface area contributed by atoms with E-state index in [1.807, 2.05) is 22.7 Å². The first-order valence-electron chi connectivity index (χ1n) is 4.90. The third-order valence-electron chi connectivity index (χ3n) is 2.92. The van der Waals surface area contributed by atoms with Gasteiger partial charge in [-0.2, -0.15) is 0 Å². The summed E-state index contributed by atoms with van der Waals surface area (Å²) in [5.41, 5.74) is 2.20. The van der Waals surface area contributed by atoms with Crippen LogP contribution in [-0.4, -0.2) is 40.0 Å². The summed E-state index contributed by atoms with van der Waals surface area (Å²) >= 11 is 0. The SMILES string of the molecule is CN1C[C@H](n2ccnc2)C[C@H]1C(=O)NN. The first-order valence-corrected chi connectivity index (χ1v) is 4.90. The number of hydrogen-bond acceptors (Lipinski definition) is 4. The quantitative estimate of drug-likeness (QED) is 0.377. The summed E-state index contributed by atoms with van der Waals surface area (Å²) in [6, 6.07) is 0.169. The zero-order chi connectivity index (χ0) is 10.8. The van der Waals surface area contributed by atoms with Gasteiger partial charge >= 0.3 is 0 Å². The van der Waals surface area contributed by atoms with Crippen molar-refractivity contribution in [2.24, 2.45) is 5.84 Å². The van der Waals surface area contributed by atoms with Crippen molar-refractivity contribution in [1.82, 2.24) is 19.9 Å². The fourth-order valence-corrected chi connectivity index (χ4v) is 2.08. The molecular formula is C9H15N5O. The number of aromatic nitrogens is 2. The maximum absolute atomic E-state index is 11.4. The average Bonchev–Trinajstić information content (AvgIpc) is 2.84. The van der Waals surface area contributed by atoms with E-state index < -0.39 is 0 Å². The van der Waals surface area contributed by atoms with Crippen LogP contribution in [0.25, 0.3) is 0 Å². The smallest absolute Gasteiger partial charge is 0.251 e. The van der Waals surface area contributed by atoms with E-state index in [1.165, 1.54) is 0 Å². The summed E-state index contributed by atoms with van der Waals surface area (Å²) in [7, 11) is 1.93. The zero-order valence-corrected chi connectivity index (χ0v) is 8.63. The maximum Gasteiger partial charge on any atom is 0.251 e. The van der Waals surface area contributed by atoms with Crippen LogP contribution in [0.5, 0.6) is 0 Å². The number of carbonyl (C=O) groups is 1. The van der Waals surface area contributed by atoms with Crippen LogP contribution in [0.1, 0.15) is 12.5 Å². The number of rotatable bonds is 2. The standard InChI is InChI=1S/C9H15N5O/c1-13-5-7(14-3-2-11-6-14)4-8(13)9(15)12-10/h2-3,6-8H,4-5,10H2,1H3,(H,12,15)/t7-,8+/m1/s1. The van der Waals surface area contributed by atoms with Gasteiger partial charge in [0.25, 0.3) is 5.91 Å². The van der Waals surface area contributed by atoms with Gasteiger partial charge in [0.15, 0.2) is 0 Å². The number of likely N-dealkylation sites (N-methyl/N-ethyl adjacent to an activating group) is 1. The molecule has 2 heterocycles. The summed E-state index contributed by atoms with van der Waals surface area (Å²) in [4.78, 5) is 17.4. The average molecular weight is 209 g/mol. The van der Waals surface area contributed by atoms with E-state index in [1.54, 1.807) is 12.5 Å². The molecule has 0 radical (unpaired) electrons. The molecule has 2 atom stereocenters. The second-order valence-corrected chi connectivity index (χ2v) is 3.86. The zero-order valence-electron chi connectivity index (χ0n) is 8.63. The Bertz CT molecular complexity index is 336. The number of carbonyl (C=O) groups excluding carboxylic acids is 1. The van der Waals surface area contributed by atoms with Gasteiger partial charge in [0.2, 0.25) is 0 Å². The molecular weight excluding hydrogens is 194 g/mol. The third-order valence-corrected chi connectivity index (χ3v) is 2.92. The summed E-state index contributed by atoms with van der Waals surface area (Å²) in [5.74, 6) is 5.01. The second-order valence-electron chi connectivity index (χ2n) is 3.86. The van der Waals surface area contributed by atoms with Gasteiger partial charge in [0.05, 0.1) is 12.4 Å². The lowest BCUT2D eigenvalue weighted by molar-refractivity contribution is -0.125. The molecule has 6 nitrogen and oxygen atoms in total. The molecule has 0 unspecified atom stereocenters. The van der Waals surface area contributed by atoms with E-state index in [9.17, 15) is 4.79 Å². The lowest BCUT2D eigenvalue weighted by Gasteiger charge is -2.16. The van der Waals surface area contributed by atoms with Gasteiger partial charge in [-0.1, -0.05) is 0 Å².